The van der Waals surface area contributed by atoms with Crippen LogP contribution in [0.3, 0.4) is 0 Å². The molecule has 0 radical (unpaired) electrons. The van der Waals surface area contributed by atoms with Gasteiger partial charge in [-0.3, -0.25) is 4.79 Å². The molecule has 3 nitrogen and oxygen atoms in total. The molecule has 0 bridgehead atoms. The quantitative estimate of drug-likeness (QED) is 0.521. The maximum Gasteiger partial charge on any atom is 0.244 e. The van der Waals surface area contributed by atoms with E-state index in [0.29, 0.717) is 6.42 Å². The number of nitrogens with one attached hydrogen (secondary N) is 1. The number of aryl methyl sites for hydroxylation is 1. The van der Waals surface area contributed by atoms with Crippen LogP contribution in [-0.4, -0.2) is 12.1 Å². The number of rotatable bonds is 4. The topological polar surface area (TPSA) is 41.5 Å². The van der Waals surface area contributed by atoms with Crippen LogP contribution < -0.4 is 5.43 Å². The van der Waals surface area contributed by atoms with Gasteiger partial charge in [0.05, 0.1) is 12.6 Å². The first-order valence-electron chi connectivity index (χ1n) is 7.68. The van der Waals surface area contributed by atoms with Gasteiger partial charge in [0, 0.05) is 4.47 Å². The zero-order chi connectivity index (χ0) is 16.9. The van der Waals surface area contributed by atoms with E-state index in [9.17, 15) is 4.79 Å². The van der Waals surface area contributed by atoms with Gasteiger partial charge in [-0.15, -0.1) is 0 Å². The van der Waals surface area contributed by atoms with Gasteiger partial charge in [0.1, 0.15) is 0 Å². The lowest BCUT2D eigenvalue weighted by Gasteiger charge is -2.07. The Balaban J connectivity index is 1.69. The third-order valence-electron chi connectivity index (χ3n) is 3.79. The molecule has 0 unspecified atom stereocenters. The zero-order valence-corrected chi connectivity index (χ0v) is 14.9. The van der Waals surface area contributed by atoms with Crippen LogP contribution in [0.15, 0.2) is 70.2 Å². The standard InChI is InChI=1S/C20H17BrN2O/c1-14-6-8-15(9-7-14)13-22-23-20(24)12-16-10-11-19(21)18-5-3-2-4-17(16)18/h2-11,13H,12H2,1H3,(H,23,24)/b22-13+. The van der Waals surface area contributed by atoms with Gasteiger partial charge in [0.25, 0.3) is 0 Å². The molecule has 0 saturated heterocycles. The van der Waals surface area contributed by atoms with Crippen LogP contribution in [-0.2, 0) is 11.2 Å². The first-order valence-corrected chi connectivity index (χ1v) is 8.47. The highest BCUT2D eigenvalue weighted by atomic mass is 79.9. The fourth-order valence-corrected chi connectivity index (χ4v) is 3.00. The monoisotopic (exact) mass is 380 g/mol. The summed E-state index contributed by atoms with van der Waals surface area (Å²) in [6.45, 7) is 2.03. The summed E-state index contributed by atoms with van der Waals surface area (Å²) in [5.41, 5.74) is 5.72. The number of fused-ring (bicyclic) bond motifs is 1. The molecule has 0 spiro atoms. The molecule has 1 amide bonds. The van der Waals surface area contributed by atoms with Gasteiger partial charge in [-0.25, -0.2) is 5.43 Å². The van der Waals surface area contributed by atoms with Crippen molar-refractivity contribution in [1.82, 2.24) is 5.43 Å². The normalized spacial score (nSPS) is 11.1. The van der Waals surface area contributed by atoms with Crippen LogP contribution in [0, 0.1) is 6.92 Å². The van der Waals surface area contributed by atoms with Crippen LogP contribution in [0.5, 0.6) is 0 Å². The van der Waals surface area contributed by atoms with Gasteiger partial charge in [-0.05, 0) is 34.9 Å². The van der Waals surface area contributed by atoms with Crippen LogP contribution in [0.2, 0.25) is 0 Å². The van der Waals surface area contributed by atoms with E-state index in [1.54, 1.807) is 6.21 Å². The fourth-order valence-electron chi connectivity index (χ4n) is 2.52. The largest absolute Gasteiger partial charge is 0.273 e. The Morgan fingerprint density at radius 1 is 1.04 bits per heavy atom. The van der Waals surface area contributed by atoms with Gasteiger partial charge in [0.2, 0.25) is 5.91 Å². The number of carbonyl (C=O) groups is 1. The van der Waals surface area contributed by atoms with Crippen molar-refractivity contribution in [3.8, 4) is 0 Å². The maximum absolute atomic E-state index is 12.1. The molecule has 1 N–H and O–H groups in total. The van der Waals surface area contributed by atoms with Gasteiger partial charge >= 0.3 is 0 Å². The first-order chi connectivity index (χ1) is 11.6. The van der Waals surface area contributed by atoms with E-state index in [1.165, 1.54) is 5.56 Å². The molecule has 0 saturated carbocycles. The van der Waals surface area contributed by atoms with Crippen molar-refractivity contribution in [2.75, 3.05) is 0 Å². The van der Waals surface area contributed by atoms with E-state index < -0.39 is 0 Å². The highest BCUT2D eigenvalue weighted by molar-refractivity contribution is 9.10. The van der Waals surface area contributed by atoms with Crippen molar-refractivity contribution in [1.29, 1.82) is 0 Å². The van der Waals surface area contributed by atoms with Gasteiger partial charge in [-0.1, -0.05) is 76.1 Å². The zero-order valence-electron chi connectivity index (χ0n) is 13.3. The molecule has 120 valence electrons. The summed E-state index contributed by atoms with van der Waals surface area (Å²) in [4.78, 5) is 12.1. The lowest BCUT2D eigenvalue weighted by atomic mass is 10.0. The number of hydrogen-bond acceptors (Lipinski definition) is 2. The summed E-state index contributed by atoms with van der Waals surface area (Å²) in [5, 5.41) is 6.21. The molecule has 3 rings (SSSR count). The minimum absolute atomic E-state index is 0.133. The molecule has 3 aromatic carbocycles. The van der Waals surface area contributed by atoms with Crippen molar-refractivity contribution < 1.29 is 4.79 Å². The second kappa shape index (κ2) is 7.41. The number of nitrogens with zero attached hydrogens (tertiary/aromatic N) is 1. The average Bonchev–Trinajstić information content (AvgIpc) is 2.59. The van der Waals surface area contributed by atoms with Crippen LogP contribution in [0.1, 0.15) is 16.7 Å². The molecule has 0 fully saturated rings. The maximum atomic E-state index is 12.1. The van der Waals surface area contributed by atoms with Gasteiger partial charge in [0.15, 0.2) is 0 Å². The Bertz CT molecular complexity index is 901. The third-order valence-corrected chi connectivity index (χ3v) is 4.48. The minimum atomic E-state index is -0.133. The van der Waals surface area contributed by atoms with Gasteiger partial charge < -0.3 is 0 Å². The van der Waals surface area contributed by atoms with E-state index in [4.69, 9.17) is 0 Å². The van der Waals surface area contributed by atoms with Crippen LogP contribution >= 0.6 is 15.9 Å². The SMILES string of the molecule is Cc1ccc(/C=N/NC(=O)Cc2ccc(Br)c3ccccc23)cc1. The summed E-state index contributed by atoms with van der Waals surface area (Å²) in [5.74, 6) is -0.133. The molecule has 0 aliphatic carbocycles. The van der Waals surface area contributed by atoms with Crippen molar-refractivity contribution in [3.05, 3.63) is 81.8 Å². The highest BCUT2D eigenvalue weighted by Crippen LogP contribution is 2.27. The Labute approximate surface area is 149 Å². The van der Waals surface area contributed by atoms with Crippen LogP contribution in [0.4, 0.5) is 0 Å². The van der Waals surface area contributed by atoms with E-state index in [2.05, 4.69) is 26.5 Å². The van der Waals surface area contributed by atoms with E-state index in [-0.39, 0.29) is 5.91 Å². The average molecular weight is 381 g/mol. The lowest BCUT2D eigenvalue weighted by molar-refractivity contribution is -0.120. The summed E-state index contributed by atoms with van der Waals surface area (Å²) in [6, 6.07) is 19.9. The molecule has 0 heterocycles. The highest BCUT2D eigenvalue weighted by Gasteiger charge is 2.08. The summed E-state index contributed by atoms with van der Waals surface area (Å²) in [6.07, 6.45) is 1.94. The van der Waals surface area contributed by atoms with Crippen molar-refractivity contribution >= 4 is 38.8 Å². The lowest BCUT2D eigenvalue weighted by Crippen LogP contribution is -2.19. The summed E-state index contributed by atoms with van der Waals surface area (Å²) in [7, 11) is 0. The number of halogens is 1. The Morgan fingerprint density at radius 3 is 2.50 bits per heavy atom. The Kier molecular flexibility index (Phi) is 5.06. The Hall–Kier alpha value is -2.46. The first kappa shape index (κ1) is 16.4. The molecule has 0 aliphatic heterocycles. The number of hydrazone groups is 1. The Morgan fingerprint density at radius 2 is 1.75 bits per heavy atom. The minimum Gasteiger partial charge on any atom is -0.273 e. The van der Waals surface area contributed by atoms with E-state index in [0.717, 1.165) is 26.4 Å². The summed E-state index contributed by atoms with van der Waals surface area (Å²) < 4.78 is 1.03. The van der Waals surface area contributed by atoms with E-state index in [1.807, 2.05) is 67.6 Å². The smallest absolute Gasteiger partial charge is 0.244 e. The predicted octanol–water partition coefficient (Wildman–Crippen LogP) is 4.60. The number of benzene rings is 3. The molecular formula is C20H17BrN2O. The number of carbonyl (C=O) groups excluding carboxylic acids is 1. The second-order valence-corrected chi connectivity index (χ2v) is 6.49. The molecule has 24 heavy (non-hydrogen) atoms. The van der Waals surface area contributed by atoms with E-state index >= 15 is 0 Å². The van der Waals surface area contributed by atoms with Crippen LogP contribution in [0.25, 0.3) is 10.8 Å². The van der Waals surface area contributed by atoms with Gasteiger partial charge in [-0.2, -0.15) is 5.10 Å². The van der Waals surface area contributed by atoms with Crippen molar-refractivity contribution in [2.24, 2.45) is 5.10 Å². The third kappa shape index (κ3) is 3.89. The summed E-state index contributed by atoms with van der Waals surface area (Å²) >= 11 is 3.55. The molecule has 4 heteroatoms. The molecule has 0 aliphatic rings. The molecular weight excluding hydrogens is 364 g/mol. The molecule has 3 aromatic rings. The number of amides is 1. The number of hydrogen-bond donors (Lipinski definition) is 1. The van der Waals surface area contributed by atoms with Crippen molar-refractivity contribution in [2.45, 2.75) is 13.3 Å². The van der Waals surface area contributed by atoms with Crippen molar-refractivity contribution in [3.63, 3.8) is 0 Å². The second-order valence-electron chi connectivity index (χ2n) is 5.63. The molecule has 0 aromatic heterocycles. The molecule has 0 atom stereocenters. The fraction of sp³-hybridized carbons (Fsp3) is 0.100. The predicted molar refractivity (Wildman–Crippen MR) is 102 cm³/mol.